The number of anilines is 2. The molecule has 1 atom stereocenters. The van der Waals surface area contributed by atoms with Gasteiger partial charge in [-0.3, -0.25) is 19.3 Å². The van der Waals surface area contributed by atoms with Crippen LogP contribution in [0.5, 0.6) is 0 Å². The largest absolute Gasteiger partial charge is 0.353 e. The van der Waals surface area contributed by atoms with Gasteiger partial charge in [0, 0.05) is 37.4 Å². The molecule has 3 amide bonds. The summed E-state index contributed by atoms with van der Waals surface area (Å²) >= 11 is 0. The average molecular weight is 423 g/mol. The van der Waals surface area contributed by atoms with E-state index < -0.39 is 6.04 Å². The molecule has 0 bridgehead atoms. The fraction of sp³-hybridized carbons (Fsp3) is 0.375. The van der Waals surface area contributed by atoms with Crippen molar-refractivity contribution in [2.45, 2.75) is 46.2 Å². The van der Waals surface area contributed by atoms with Crippen LogP contribution in [-0.2, 0) is 20.9 Å². The summed E-state index contributed by atoms with van der Waals surface area (Å²) in [4.78, 5) is 38.9. The van der Waals surface area contributed by atoms with Crippen molar-refractivity contribution in [1.82, 2.24) is 10.2 Å². The normalized spacial score (nSPS) is 16.5. The fourth-order valence-electron chi connectivity index (χ4n) is 3.73. The molecule has 7 nitrogen and oxygen atoms in total. The third kappa shape index (κ3) is 6.15. The van der Waals surface area contributed by atoms with Crippen LogP contribution in [0.25, 0.3) is 0 Å². The molecular weight excluding hydrogens is 392 g/mol. The molecule has 3 N–H and O–H groups in total. The molecule has 1 aliphatic rings. The first kappa shape index (κ1) is 22.5. The highest BCUT2D eigenvalue weighted by Gasteiger charge is 2.31. The molecular formula is C24H30N4O3. The molecule has 7 heteroatoms. The van der Waals surface area contributed by atoms with Crippen LogP contribution in [0.15, 0.2) is 42.5 Å². The number of rotatable bonds is 7. The topological polar surface area (TPSA) is 90.5 Å². The Morgan fingerprint density at radius 3 is 2.61 bits per heavy atom. The Morgan fingerprint density at radius 1 is 1.10 bits per heavy atom. The van der Waals surface area contributed by atoms with E-state index in [0.717, 1.165) is 11.1 Å². The molecule has 1 unspecified atom stereocenters. The summed E-state index contributed by atoms with van der Waals surface area (Å²) < 4.78 is 0. The Labute approximate surface area is 183 Å². The van der Waals surface area contributed by atoms with E-state index in [1.165, 1.54) is 5.56 Å². The van der Waals surface area contributed by atoms with Crippen molar-refractivity contribution in [3.05, 3.63) is 59.2 Å². The number of hydrogen-bond acceptors (Lipinski definition) is 4. The minimum Gasteiger partial charge on any atom is -0.353 e. The molecule has 1 heterocycles. The van der Waals surface area contributed by atoms with Crippen LogP contribution in [0.2, 0.25) is 0 Å². The van der Waals surface area contributed by atoms with Gasteiger partial charge in [0.25, 0.3) is 0 Å². The minimum absolute atomic E-state index is 0.0619. The maximum absolute atomic E-state index is 12.8. The third-order valence-electron chi connectivity index (χ3n) is 5.39. The van der Waals surface area contributed by atoms with E-state index in [2.05, 4.69) is 26.9 Å². The summed E-state index contributed by atoms with van der Waals surface area (Å²) in [5.41, 5.74) is 4.49. The van der Waals surface area contributed by atoms with E-state index in [9.17, 15) is 14.4 Å². The van der Waals surface area contributed by atoms with Crippen molar-refractivity contribution in [2.24, 2.45) is 0 Å². The van der Waals surface area contributed by atoms with Crippen LogP contribution in [0.4, 0.5) is 11.4 Å². The highest BCUT2D eigenvalue weighted by atomic mass is 16.2. The quantitative estimate of drug-likeness (QED) is 0.640. The number of hydrogen-bond donors (Lipinski definition) is 3. The van der Waals surface area contributed by atoms with Gasteiger partial charge in [-0.2, -0.15) is 0 Å². The number of carbonyl (C=O) groups is 3. The van der Waals surface area contributed by atoms with Crippen LogP contribution < -0.4 is 16.0 Å². The summed E-state index contributed by atoms with van der Waals surface area (Å²) in [6.07, 6.45) is 0.478. The second-order valence-corrected chi connectivity index (χ2v) is 7.95. The van der Waals surface area contributed by atoms with Crippen molar-refractivity contribution in [3.63, 3.8) is 0 Å². The fourth-order valence-corrected chi connectivity index (χ4v) is 3.73. The number of nitrogens with one attached hydrogen (secondary N) is 3. The van der Waals surface area contributed by atoms with E-state index in [1.54, 1.807) is 19.1 Å². The van der Waals surface area contributed by atoms with Crippen molar-refractivity contribution in [1.29, 1.82) is 0 Å². The summed E-state index contributed by atoms with van der Waals surface area (Å²) in [5.74, 6) is -0.402. The summed E-state index contributed by atoms with van der Waals surface area (Å²) in [6, 6.07) is 13.0. The van der Waals surface area contributed by atoms with Gasteiger partial charge in [0.15, 0.2) is 0 Å². The number of benzene rings is 2. The molecule has 0 radical (unpaired) electrons. The van der Waals surface area contributed by atoms with Gasteiger partial charge in [-0.05, 0) is 43.2 Å². The van der Waals surface area contributed by atoms with E-state index in [0.29, 0.717) is 37.4 Å². The van der Waals surface area contributed by atoms with Gasteiger partial charge in [0.05, 0.1) is 12.5 Å². The SMILES string of the molecule is CCC(=O)Nc1ccc(NC(=O)CC2C(=O)NCCN2Cc2cccc(C)c2)c(C)c1. The molecule has 1 fully saturated rings. The monoisotopic (exact) mass is 422 g/mol. The molecule has 164 valence electrons. The molecule has 0 saturated carbocycles. The van der Waals surface area contributed by atoms with E-state index >= 15 is 0 Å². The third-order valence-corrected chi connectivity index (χ3v) is 5.39. The lowest BCUT2D eigenvalue weighted by Crippen LogP contribution is -2.55. The highest BCUT2D eigenvalue weighted by Crippen LogP contribution is 2.21. The van der Waals surface area contributed by atoms with Gasteiger partial charge < -0.3 is 16.0 Å². The van der Waals surface area contributed by atoms with Crippen molar-refractivity contribution < 1.29 is 14.4 Å². The first-order valence-electron chi connectivity index (χ1n) is 10.6. The Morgan fingerprint density at radius 2 is 1.90 bits per heavy atom. The summed E-state index contributed by atoms with van der Waals surface area (Å²) in [7, 11) is 0. The van der Waals surface area contributed by atoms with E-state index in [4.69, 9.17) is 0 Å². The average Bonchev–Trinajstić information content (AvgIpc) is 2.72. The Balaban J connectivity index is 1.65. The molecule has 31 heavy (non-hydrogen) atoms. The van der Waals surface area contributed by atoms with Crippen LogP contribution in [0.3, 0.4) is 0 Å². The maximum Gasteiger partial charge on any atom is 0.237 e. The zero-order valence-corrected chi connectivity index (χ0v) is 18.3. The maximum atomic E-state index is 12.8. The van der Waals surface area contributed by atoms with Gasteiger partial charge in [-0.1, -0.05) is 36.8 Å². The van der Waals surface area contributed by atoms with Gasteiger partial charge >= 0.3 is 0 Å². The lowest BCUT2D eigenvalue weighted by molar-refractivity contribution is -0.132. The molecule has 1 saturated heterocycles. The first-order valence-corrected chi connectivity index (χ1v) is 10.6. The standard InChI is InChI=1S/C24H30N4O3/c1-4-22(29)26-19-8-9-20(17(3)13-19)27-23(30)14-21-24(31)25-10-11-28(21)15-18-7-5-6-16(2)12-18/h5-9,12-13,21H,4,10-11,14-15H2,1-3H3,(H,25,31)(H,26,29)(H,27,30). The Kier molecular flexibility index (Phi) is 7.41. The zero-order chi connectivity index (χ0) is 22.4. The zero-order valence-electron chi connectivity index (χ0n) is 18.3. The molecule has 0 aromatic heterocycles. The molecule has 1 aliphatic heterocycles. The van der Waals surface area contributed by atoms with Crippen LogP contribution in [-0.4, -0.2) is 41.8 Å². The minimum atomic E-state index is -0.516. The number of piperazine rings is 1. The van der Waals surface area contributed by atoms with Crippen molar-refractivity contribution >= 4 is 29.1 Å². The number of amides is 3. The van der Waals surface area contributed by atoms with Gasteiger partial charge in [0.1, 0.15) is 0 Å². The molecule has 2 aromatic rings. The van der Waals surface area contributed by atoms with Gasteiger partial charge in [-0.15, -0.1) is 0 Å². The van der Waals surface area contributed by atoms with Crippen LogP contribution >= 0.6 is 0 Å². The number of nitrogens with zero attached hydrogens (tertiary/aromatic N) is 1. The number of carbonyl (C=O) groups excluding carboxylic acids is 3. The van der Waals surface area contributed by atoms with Crippen molar-refractivity contribution in [2.75, 3.05) is 23.7 Å². The smallest absolute Gasteiger partial charge is 0.237 e. The highest BCUT2D eigenvalue weighted by molar-refractivity contribution is 5.97. The van der Waals surface area contributed by atoms with Crippen LogP contribution in [0.1, 0.15) is 36.5 Å². The van der Waals surface area contributed by atoms with Crippen LogP contribution in [0, 0.1) is 13.8 Å². The molecule has 2 aromatic carbocycles. The number of aryl methyl sites for hydroxylation is 2. The second kappa shape index (κ2) is 10.2. The Hall–Kier alpha value is -3.19. The lowest BCUT2D eigenvalue weighted by atomic mass is 10.1. The van der Waals surface area contributed by atoms with Crippen molar-refractivity contribution in [3.8, 4) is 0 Å². The predicted octanol–water partition coefficient (Wildman–Crippen LogP) is 2.98. The molecule has 3 rings (SSSR count). The van der Waals surface area contributed by atoms with Gasteiger partial charge in [-0.25, -0.2) is 0 Å². The Bertz CT molecular complexity index is 973. The predicted molar refractivity (Wildman–Crippen MR) is 122 cm³/mol. The van der Waals surface area contributed by atoms with E-state index in [-0.39, 0.29) is 24.1 Å². The summed E-state index contributed by atoms with van der Waals surface area (Å²) in [6.45, 7) is 7.60. The lowest BCUT2D eigenvalue weighted by Gasteiger charge is -2.34. The van der Waals surface area contributed by atoms with Gasteiger partial charge in [0.2, 0.25) is 17.7 Å². The summed E-state index contributed by atoms with van der Waals surface area (Å²) in [5, 5.41) is 8.58. The second-order valence-electron chi connectivity index (χ2n) is 7.95. The molecule has 0 spiro atoms. The first-order chi connectivity index (χ1) is 14.9. The van der Waals surface area contributed by atoms with E-state index in [1.807, 2.05) is 38.1 Å². The molecule has 0 aliphatic carbocycles.